The van der Waals surface area contributed by atoms with E-state index in [1.54, 1.807) is 0 Å². The maximum atomic E-state index is 10.2. The summed E-state index contributed by atoms with van der Waals surface area (Å²) in [5, 5.41) is 10.2. The van der Waals surface area contributed by atoms with Crippen LogP contribution in [0.1, 0.15) is 90.1 Å². The average Bonchev–Trinajstić information content (AvgIpc) is 3.09. The van der Waals surface area contributed by atoms with E-state index in [-0.39, 0.29) is 11.9 Å². The Bertz CT molecular complexity index is 801. The van der Waals surface area contributed by atoms with Gasteiger partial charge in [0.25, 0.3) is 0 Å². The van der Waals surface area contributed by atoms with Crippen molar-refractivity contribution >= 4 is 0 Å². The summed E-state index contributed by atoms with van der Waals surface area (Å²) in [5.74, 6) is 3.04. The molecule has 0 aromatic rings. The normalized spacial score (nSPS) is 39.8. The molecule has 3 aliphatic carbocycles. The molecular weight excluding hydrogens is 352 g/mol. The number of hydrogen-bond donors (Lipinski definition) is 1. The Morgan fingerprint density at radius 3 is 2.69 bits per heavy atom. The molecule has 0 unspecified atom stereocenters. The van der Waals surface area contributed by atoms with Crippen LogP contribution in [0.3, 0.4) is 0 Å². The quantitative estimate of drug-likeness (QED) is 0.471. The summed E-state index contributed by atoms with van der Waals surface area (Å²) in [4.78, 5) is 0. The molecule has 29 heavy (non-hydrogen) atoms. The van der Waals surface area contributed by atoms with Crippen LogP contribution in [-0.4, -0.2) is 11.2 Å². The van der Waals surface area contributed by atoms with E-state index < -0.39 is 6.10 Å². The molecule has 0 saturated heterocycles. The van der Waals surface area contributed by atoms with E-state index >= 15 is 0 Å². The van der Waals surface area contributed by atoms with Gasteiger partial charge in [-0.1, -0.05) is 76.6 Å². The highest BCUT2D eigenvalue weighted by atomic mass is 16.3. The summed E-state index contributed by atoms with van der Waals surface area (Å²) >= 11 is 0. The summed E-state index contributed by atoms with van der Waals surface area (Å²) in [7, 11) is 0. The average molecular weight is 400 g/mol. The predicted octanol–water partition coefficient (Wildman–Crippen LogP) is 7.64. The van der Waals surface area contributed by atoms with Crippen molar-refractivity contribution in [3.05, 3.63) is 47.5 Å². The fourth-order valence-electron chi connectivity index (χ4n) is 6.07. The fourth-order valence-corrected chi connectivity index (χ4v) is 6.07. The minimum absolute atomic E-state index is 0.194. The summed E-state index contributed by atoms with van der Waals surface area (Å²) in [6.45, 7) is 11.6. The minimum Gasteiger partial charge on any atom is -0.393 e. The molecule has 1 heteroatoms. The molecule has 3 aliphatic rings. The van der Waals surface area contributed by atoms with Gasteiger partial charge in [-0.05, 0) is 91.9 Å². The first-order chi connectivity index (χ1) is 15.0. The molecular formula is C28H44O. The van der Waals surface area contributed by atoms with Crippen LogP contribution in [0.25, 0.3) is 0 Å². The number of aliphatic hydroxyl groups is 1. The van der Waals surface area contributed by atoms with Gasteiger partial charge in [-0.25, -0.2) is 0 Å². The zero-order chi connectivity index (χ0) is 23.6. The fraction of sp³-hybridized carbons (Fsp3) is 0.714. The van der Waals surface area contributed by atoms with Crippen molar-refractivity contribution in [2.45, 2.75) is 92.1 Å². The molecule has 0 radical (unpaired) electrons. The number of allylic oxidation sites excluding steroid dienone is 6. The summed E-state index contributed by atoms with van der Waals surface area (Å²) in [5.41, 5.74) is 3.04. The second kappa shape index (κ2) is 9.38. The Hall–Kier alpha value is -1.08. The van der Waals surface area contributed by atoms with Gasteiger partial charge in [-0.2, -0.15) is 0 Å². The van der Waals surface area contributed by atoms with E-state index in [0.717, 1.165) is 12.0 Å². The Morgan fingerprint density at radius 2 is 1.97 bits per heavy atom. The van der Waals surface area contributed by atoms with Crippen LogP contribution in [-0.2, 0) is 0 Å². The zero-order valence-corrected chi connectivity index (χ0v) is 19.3. The third-order valence-electron chi connectivity index (χ3n) is 8.41. The van der Waals surface area contributed by atoms with E-state index in [0.29, 0.717) is 60.5 Å². The standard InChI is InChI=1S/C28H44O/c1-19(2)20(3)9-10-22(5)26-15-16-27-23(8-7-17-28(26,27)6)12-13-24-18-25(29)14-11-21(24)4/h9-10,12-13,19-20,22,25-27,29H,4,7-8,11,14-18H2,1-3,5-6H3/b10-9+,23-12+,24-13-/t20-,22+,25-,26+,27-,28+/m0/s1/i4D2,13D. The highest BCUT2D eigenvalue weighted by molar-refractivity contribution is 5.36. The summed E-state index contributed by atoms with van der Waals surface area (Å²) < 4.78 is 24.4. The zero-order valence-electron chi connectivity index (χ0n) is 22.3. The van der Waals surface area contributed by atoms with Gasteiger partial charge in [-0.15, -0.1) is 0 Å². The monoisotopic (exact) mass is 399 g/mol. The molecule has 6 atom stereocenters. The van der Waals surface area contributed by atoms with E-state index in [1.165, 1.54) is 31.3 Å². The molecule has 0 heterocycles. The van der Waals surface area contributed by atoms with Gasteiger partial charge in [0.15, 0.2) is 0 Å². The third-order valence-corrected chi connectivity index (χ3v) is 8.41. The number of fused-ring (bicyclic) bond motifs is 1. The van der Waals surface area contributed by atoms with Crippen LogP contribution < -0.4 is 0 Å². The van der Waals surface area contributed by atoms with Crippen LogP contribution in [0.15, 0.2) is 47.5 Å². The third kappa shape index (κ3) is 4.98. The Balaban J connectivity index is 1.85. The van der Waals surface area contributed by atoms with Gasteiger partial charge in [0.1, 0.15) is 0 Å². The van der Waals surface area contributed by atoms with Crippen molar-refractivity contribution in [1.82, 2.24) is 0 Å². The van der Waals surface area contributed by atoms with Crippen LogP contribution in [0, 0.1) is 35.0 Å². The minimum atomic E-state index is -0.458. The lowest BCUT2D eigenvalue weighted by atomic mass is 9.61. The molecule has 162 valence electrons. The van der Waals surface area contributed by atoms with E-state index in [4.69, 9.17) is 4.11 Å². The Morgan fingerprint density at radius 1 is 1.17 bits per heavy atom. The highest BCUT2D eigenvalue weighted by Crippen LogP contribution is 2.59. The maximum absolute atomic E-state index is 10.2. The van der Waals surface area contributed by atoms with Crippen molar-refractivity contribution in [2.24, 2.45) is 35.0 Å². The van der Waals surface area contributed by atoms with Crippen molar-refractivity contribution in [3.8, 4) is 0 Å². The smallest absolute Gasteiger partial charge is 0.0626 e. The first kappa shape index (κ1) is 18.7. The first-order valence-corrected chi connectivity index (χ1v) is 12.0. The van der Waals surface area contributed by atoms with E-state index in [2.05, 4.69) is 52.8 Å². The molecule has 0 amide bonds. The lowest BCUT2D eigenvalue weighted by Crippen LogP contribution is -2.35. The summed E-state index contributed by atoms with van der Waals surface area (Å²) in [6, 6.07) is 0.428. The largest absolute Gasteiger partial charge is 0.393 e. The van der Waals surface area contributed by atoms with Crippen molar-refractivity contribution in [2.75, 3.05) is 0 Å². The van der Waals surface area contributed by atoms with Crippen LogP contribution in [0.5, 0.6) is 0 Å². The van der Waals surface area contributed by atoms with Gasteiger partial charge in [0.2, 0.25) is 0 Å². The molecule has 0 bridgehead atoms. The van der Waals surface area contributed by atoms with Gasteiger partial charge >= 0.3 is 0 Å². The molecule has 0 aromatic heterocycles. The van der Waals surface area contributed by atoms with E-state index in [9.17, 15) is 5.11 Å². The summed E-state index contributed by atoms with van der Waals surface area (Å²) in [6.07, 6.45) is 13.9. The Labute approximate surface area is 184 Å². The topological polar surface area (TPSA) is 20.2 Å². The molecule has 3 saturated carbocycles. The first-order valence-electron chi connectivity index (χ1n) is 13.5. The molecule has 0 aromatic carbocycles. The highest BCUT2D eigenvalue weighted by Gasteiger charge is 2.50. The second-order valence-corrected chi connectivity index (χ2v) is 10.7. The molecule has 1 N–H and O–H groups in total. The SMILES string of the molecule is [2H]C([2H])=C1CC[C@H](O)C/C1=C([2H])/C=C1\CCC[C@]2(C)[C@@H]([C@H](C)/C=C/[C@H](C)C(C)C)CC[C@@H]12. The molecule has 3 fully saturated rings. The Kier molecular flexibility index (Phi) is 6.04. The molecule has 1 nitrogen and oxygen atoms in total. The number of rotatable bonds is 5. The van der Waals surface area contributed by atoms with Gasteiger partial charge < -0.3 is 5.11 Å². The van der Waals surface area contributed by atoms with Gasteiger partial charge in [0.05, 0.1) is 10.2 Å². The number of hydrogen-bond acceptors (Lipinski definition) is 1. The lowest BCUT2D eigenvalue weighted by molar-refractivity contribution is 0.112. The lowest BCUT2D eigenvalue weighted by Gasteiger charge is -2.44. The van der Waals surface area contributed by atoms with Crippen molar-refractivity contribution < 1.29 is 9.22 Å². The molecule has 0 spiro atoms. The molecule has 3 rings (SSSR count). The maximum Gasteiger partial charge on any atom is 0.0626 e. The van der Waals surface area contributed by atoms with Gasteiger partial charge in [0, 0.05) is 0 Å². The van der Waals surface area contributed by atoms with Crippen LogP contribution in [0.2, 0.25) is 0 Å². The van der Waals surface area contributed by atoms with Crippen LogP contribution >= 0.6 is 0 Å². The van der Waals surface area contributed by atoms with E-state index in [1.807, 2.05) is 0 Å². The van der Waals surface area contributed by atoms with Gasteiger partial charge in [-0.3, -0.25) is 0 Å². The van der Waals surface area contributed by atoms with Crippen molar-refractivity contribution in [3.63, 3.8) is 0 Å². The second-order valence-electron chi connectivity index (χ2n) is 10.7. The predicted molar refractivity (Wildman–Crippen MR) is 126 cm³/mol. The number of aliphatic hydroxyl groups excluding tert-OH is 1. The van der Waals surface area contributed by atoms with Crippen molar-refractivity contribution in [1.29, 1.82) is 0 Å². The van der Waals surface area contributed by atoms with Crippen LogP contribution in [0.4, 0.5) is 0 Å². The molecule has 0 aliphatic heterocycles.